The molecule has 8 heteroatoms. The molecule has 3 aromatic rings. The summed E-state index contributed by atoms with van der Waals surface area (Å²) in [6, 6.07) is 20.5. The van der Waals surface area contributed by atoms with E-state index in [-0.39, 0.29) is 27.1 Å². The minimum Gasteiger partial charge on any atom is -0.372 e. The fourth-order valence-electron chi connectivity index (χ4n) is 3.27. The third-order valence-corrected chi connectivity index (χ3v) is 6.75. The smallest absolute Gasteiger partial charge is 0.261 e. The minimum atomic E-state index is -3.74. The van der Waals surface area contributed by atoms with Crippen LogP contribution in [0.4, 0.5) is 11.4 Å². The standard InChI is InChI=1S/C24H26ClN3O3S/c1-3-28(4-2)20-13-10-18(11-14-20)17-26-24(29)22-15-12-19(16-23(22)25)27-32(30,31)21-8-6-5-7-9-21/h5-16,27H,3-4,17H2,1-2H3,(H,26,29). The molecule has 0 aromatic heterocycles. The highest BCUT2D eigenvalue weighted by Crippen LogP contribution is 2.23. The molecule has 0 bridgehead atoms. The fourth-order valence-corrected chi connectivity index (χ4v) is 4.60. The lowest BCUT2D eigenvalue weighted by Gasteiger charge is -2.21. The summed E-state index contributed by atoms with van der Waals surface area (Å²) in [5.41, 5.74) is 2.66. The van der Waals surface area contributed by atoms with Crippen molar-refractivity contribution < 1.29 is 13.2 Å². The van der Waals surface area contributed by atoms with Gasteiger partial charge in [-0.15, -0.1) is 0 Å². The van der Waals surface area contributed by atoms with E-state index in [2.05, 4.69) is 28.8 Å². The van der Waals surface area contributed by atoms with Crippen LogP contribution in [0, 0.1) is 0 Å². The normalized spacial score (nSPS) is 11.1. The van der Waals surface area contributed by atoms with Crippen LogP contribution in [0.25, 0.3) is 0 Å². The van der Waals surface area contributed by atoms with E-state index in [1.54, 1.807) is 18.2 Å². The van der Waals surface area contributed by atoms with Gasteiger partial charge in [0.1, 0.15) is 0 Å². The first kappa shape index (κ1) is 23.6. The van der Waals surface area contributed by atoms with E-state index in [9.17, 15) is 13.2 Å². The molecule has 0 aliphatic carbocycles. The maximum atomic E-state index is 12.6. The van der Waals surface area contributed by atoms with Gasteiger partial charge in [-0.2, -0.15) is 0 Å². The number of hydrogen-bond donors (Lipinski definition) is 2. The van der Waals surface area contributed by atoms with Crippen LogP contribution in [0.1, 0.15) is 29.8 Å². The van der Waals surface area contributed by atoms with E-state index < -0.39 is 10.0 Å². The van der Waals surface area contributed by atoms with Crippen LogP contribution in [-0.4, -0.2) is 27.4 Å². The van der Waals surface area contributed by atoms with Gasteiger partial charge in [-0.3, -0.25) is 9.52 Å². The van der Waals surface area contributed by atoms with Crippen molar-refractivity contribution in [3.63, 3.8) is 0 Å². The lowest BCUT2D eigenvalue weighted by Crippen LogP contribution is -2.24. The predicted octanol–water partition coefficient (Wildman–Crippen LogP) is 4.92. The summed E-state index contributed by atoms with van der Waals surface area (Å²) in [6.07, 6.45) is 0. The van der Waals surface area contributed by atoms with Gasteiger partial charge in [0.2, 0.25) is 0 Å². The third-order valence-electron chi connectivity index (χ3n) is 5.04. The van der Waals surface area contributed by atoms with Crippen molar-refractivity contribution in [1.29, 1.82) is 0 Å². The number of benzene rings is 3. The first-order valence-electron chi connectivity index (χ1n) is 10.3. The molecular formula is C24H26ClN3O3S. The average Bonchev–Trinajstić information content (AvgIpc) is 2.79. The zero-order valence-electron chi connectivity index (χ0n) is 18.0. The van der Waals surface area contributed by atoms with Gasteiger partial charge in [-0.1, -0.05) is 41.9 Å². The summed E-state index contributed by atoms with van der Waals surface area (Å²) in [5.74, 6) is -0.333. The van der Waals surface area contributed by atoms with E-state index in [1.165, 1.54) is 30.3 Å². The summed E-state index contributed by atoms with van der Waals surface area (Å²) in [6.45, 7) is 6.44. The Bertz CT molecular complexity index is 1160. The number of hydrogen-bond acceptors (Lipinski definition) is 4. The second-order valence-corrected chi connectivity index (χ2v) is 9.22. The Labute approximate surface area is 194 Å². The van der Waals surface area contributed by atoms with Crippen molar-refractivity contribution in [3.05, 3.63) is 88.9 Å². The number of halogens is 1. The maximum Gasteiger partial charge on any atom is 0.261 e. The number of sulfonamides is 1. The number of nitrogens with one attached hydrogen (secondary N) is 2. The molecule has 2 N–H and O–H groups in total. The number of carbonyl (C=O) groups excluding carboxylic acids is 1. The van der Waals surface area contributed by atoms with Gasteiger partial charge in [0.25, 0.3) is 15.9 Å². The second-order valence-electron chi connectivity index (χ2n) is 7.13. The summed E-state index contributed by atoms with van der Waals surface area (Å²) in [5, 5.41) is 3.01. The molecular weight excluding hydrogens is 446 g/mol. The van der Waals surface area contributed by atoms with Crippen LogP contribution in [-0.2, 0) is 16.6 Å². The van der Waals surface area contributed by atoms with Gasteiger partial charge in [0, 0.05) is 25.3 Å². The molecule has 0 aliphatic rings. The summed E-state index contributed by atoms with van der Waals surface area (Å²) < 4.78 is 27.4. The Morgan fingerprint density at radius 2 is 1.59 bits per heavy atom. The van der Waals surface area contributed by atoms with Crippen molar-refractivity contribution in [2.45, 2.75) is 25.3 Å². The molecule has 0 aliphatic heterocycles. The monoisotopic (exact) mass is 471 g/mol. The highest BCUT2D eigenvalue weighted by Gasteiger charge is 2.16. The largest absolute Gasteiger partial charge is 0.372 e. The molecule has 168 valence electrons. The molecule has 0 unspecified atom stereocenters. The molecule has 0 radical (unpaired) electrons. The van der Waals surface area contributed by atoms with Gasteiger partial charge < -0.3 is 10.2 Å². The second kappa shape index (κ2) is 10.5. The van der Waals surface area contributed by atoms with Gasteiger partial charge >= 0.3 is 0 Å². The average molecular weight is 472 g/mol. The van der Waals surface area contributed by atoms with Crippen LogP contribution >= 0.6 is 11.6 Å². The van der Waals surface area contributed by atoms with Crippen LogP contribution in [0.15, 0.2) is 77.7 Å². The quantitative estimate of drug-likeness (QED) is 0.464. The molecule has 0 atom stereocenters. The Hall–Kier alpha value is -3.03. The molecule has 0 spiro atoms. The first-order chi connectivity index (χ1) is 15.3. The lowest BCUT2D eigenvalue weighted by molar-refractivity contribution is 0.0951. The predicted molar refractivity (Wildman–Crippen MR) is 130 cm³/mol. The molecule has 0 saturated carbocycles. The van der Waals surface area contributed by atoms with Gasteiger partial charge in [0.05, 0.1) is 21.2 Å². The Kier molecular flexibility index (Phi) is 7.77. The first-order valence-corrected chi connectivity index (χ1v) is 12.2. The van der Waals surface area contributed by atoms with Crippen molar-refractivity contribution in [2.75, 3.05) is 22.7 Å². The molecule has 0 heterocycles. The number of nitrogens with zero attached hydrogens (tertiary/aromatic N) is 1. The van der Waals surface area contributed by atoms with Gasteiger partial charge in [-0.05, 0) is 61.9 Å². The highest BCUT2D eigenvalue weighted by molar-refractivity contribution is 7.92. The zero-order chi connectivity index (χ0) is 23.1. The highest BCUT2D eigenvalue weighted by atomic mass is 35.5. The summed E-state index contributed by atoms with van der Waals surface area (Å²) in [7, 11) is -3.74. The number of rotatable bonds is 9. The number of amides is 1. The van der Waals surface area contributed by atoms with Crippen LogP contribution in [0.2, 0.25) is 5.02 Å². The third kappa shape index (κ3) is 5.81. The van der Waals surface area contributed by atoms with E-state index in [1.807, 2.05) is 24.3 Å². The van der Waals surface area contributed by atoms with Crippen LogP contribution < -0.4 is 14.9 Å². The molecule has 0 saturated heterocycles. The molecule has 1 amide bonds. The molecule has 6 nitrogen and oxygen atoms in total. The van der Waals surface area contributed by atoms with Crippen LogP contribution in [0.5, 0.6) is 0 Å². The van der Waals surface area contributed by atoms with E-state index in [0.717, 1.165) is 24.3 Å². The SMILES string of the molecule is CCN(CC)c1ccc(CNC(=O)c2ccc(NS(=O)(=O)c3ccccc3)cc2Cl)cc1. The Balaban J connectivity index is 1.64. The Morgan fingerprint density at radius 3 is 2.19 bits per heavy atom. The minimum absolute atomic E-state index is 0.143. The van der Waals surface area contributed by atoms with E-state index in [0.29, 0.717) is 6.54 Å². The lowest BCUT2D eigenvalue weighted by atomic mass is 10.1. The van der Waals surface area contributed by atoms with Crippen LogP contribution in [0.3, 0.4) is 0 Å². The zero-order valence-corrected chi connectivity index (χ0v) is 19.6. The fraction of sp³-hybridized carbons (Fsp3) is 0.208. The number of anilines is 2. The summed E-state index contributed by atoms with van der Waals surface area (Å²) >= 11 is 6.27. The molecule has 3 aromatic carbocycles. The number of carbonyl (C=O) groups is 1. The van der Waals surface area contributed by atoms with Crippen molar-refractivity contribution in [2.24, 2.45) is 0 Å². The maximum absolute atomic E-state index is 12.6. The Morgan fingerprint density at radius 1 is 0.938 bits per heavy atom. The van der Waals surface area contributed by atoms with E-state index in [4.69, 9.17) is 11.6 Å². The van der Waals surface area contributed by atoms with E-state index >= 15 is 0 Å². The molecule has 0 fully saturated rings. The summed E-state index contributed by atoms with van der Waals surface area (Å²) in [4.78, 5) is 15.0. The van der Waals surface area contributed by atoms with Crippen molar-refractivity contribution >= 4 is 38.9 Å². The van der Waals surface area contributed by atoms with Crippen molar-refractivity contribution in [3.8, 4) is 0 Å². The topological polar surface area (TPSA) is 78.5 Å². The van der Waals surface area contributed by atoms with Gasteiger partial charge in [-0.25, -0.2) is 8.42 Å². The van der Waals surface area contributed by atoms with Gasteiger partial charge in [0.15, 0.2) is 0 Å². The van der Waals surface area contributed by atoms with Crippen molar-refractivity contribution in [1.82, 2.24) is 5.32 Å². The molecule has 32 heavy (non-hydrogen) atoms. The molecule has 3 rings (SSSR count).